The number of alkyl halides is 6. The number of nitrogens with one attached hydrogen (secondary N) is 2. The lowest BCUT2D eigenvalue weighted by atomic mass is 10.1. The maximum Gasteiger partial charge on any atom is 0.417 e. The number of hydrogen-bond acceptors (Lipinski definition) is 4. The summed E-state index contributed by atoms with van der Waals surface area (Å²) in [6.45, 7) is 0. The van der Waals surface area contributed by atoms with Crippen molar-refractivity contribution in [2.45, 2.75) is 17.2 Å². The highest BCUT2D eigenvalue weighted by Crippen LogP contribution is 2.34. The number of amides is 1. The predicted octanol–water partition coefficient (Wildman–Crippen LogP) is 4.70. The highest BCUT2D eigenvalue weighted by atomic mass is 32.1. The molecule has 2 aromatic rings. The van der Waals surface area contributed by atoms with E-state index in [0.717, 1.165) is 12.1 Å². The van der Waals surface area contributed by atoms with Gasteiger partial charge in [-0.1, -0.05) is 0 Å². The summed E-state index contributed by atoms with van der Waals surface area (Å²) in [7, 11) is 1.43. The molecular weight excluding hydrogens is 384 g/mol. The molecule has 0 atom stereocenters. The van der Waals surface area contributed by atoms with Crippen molar-refractivity contribution in [2.75, 3.05) is 17.7 Å². The van der Waals surface area contributed by atoms with Crippen molar-refractivity contribution in [3.8, 4) is 0 Å². The Morgan fingerprint density at radius 2 is 1.62 bits per heavy atom. The van der Waals surface area contributed by atoms with Gasteiger partial charge in [-0.2, -0.15) is 26.3 Å². The highest BCUT2D eigenvalue weighted by molar-refractivity contribution is 7.80. The van der Waals surface area contributed by atoms with Crippen LogP contribution < -0.4 is 10.6 Å². The van der Waals surface area contributed by atoms with E-state index in [4.69, 9.17) is 0 Å². The quantitative estimate of drug-likeness (QED) is 0.522. The van der Waals surface area contributed by atoms with Gasteiger partial charge in [0, 0.05) is 18.1 Å². The molecule has 1 aromatic heterocycles. The lowest BCUT2D eigenvalue weighted by Gasteiger charge is -2.15. The van der Waals surface area contributed by atoms with Crippen molar-refractivity contribution < 1.29 is 31.1 Å². The molecule has 0 spiro atoms. The number of thiol groups is 1. The summed E-state index contributed by atoms with van der Waals surface area (Å²) in [4.78, 5) is 15.3. The molecule has 0 fully saturated rings. The molecule has 0 aliphatic carbocycles. The fourth-order valence-electron chi connectivity index (χ4n) is 2.01. The Labute approximate surface area is 149 Å². The molecule has 0 aliphatic rings. The van der Waals surface area contributed by atoms with Crippen LogP contribution in [0.3, 0.4) is 0 Å². The van der Waals surface area contributed by atoms with E-state index in [-0.39, 0.29) is 16.3 Å². The van der Waals surface area contributed by atoms with Gasteiger partial charge < -0.3 is 10.6 Å². The second kappa shape index (κ2) is 7.06. The predicted molar refractivity (Wildman–Crippen MR) is 85.4 cm³/mol. The summed E-state index contributed by atoms with van der Waals surface area (Å²) < 4.78 is 76.3. The Hall–Kier alpha value is -2.43. The molecule has 140 valence electrons. The summed E-state index contributed by atoms with van der Waals surface area (Å²) in [5.74, 6) is -1.00. The Bertz CT molecular complexity index is 835. The van der Waals surface area contributed by atoms with Gasteiger partial charge in [0.05, 0.1) is 22.5 Å². The van der Waals surface area contributed by atoms with Gasteiger partial charge >= 0.3 is 12.4 Å². The van der Waals surface area contributed by atoms with E-state index in [9.17, 15) is 31.1 Å². The van der Waals surface area contributed by atoms with Crippen LogP contribution in [0.15, 0.2) is 35.4 Å². The average Bonchev–Trinajstić information content (AvgIpc) is 2.52. The third-order valence-corrected chi connectivity index (χ3v) is 3.62. The van der Waals surface area contributed by atoms with Gasteiger partial charge in [-0.05, 0) is 24.3 Å². The minimum absolute atomic E-state index is 0.180. The van der Waals surface area contributed by atoms with Crippen LogP contribution in [0.25, 0.3) is 0 Å². The summed E-state index contributed by atoms with van der Waals surface area (Å²) in [6, 6.07) is 3.24. The van der Waals surface area contributed by atoms with Gasteiger partial charge in [-0.25, -0.2) is 4.98 Å². The largest absolute Gasteiger partial charge is 0.417 e. The standard InChI is InChI=1S/C15H11F6N3OS/c1-22-9-3-2-7(14(16,17)18)4-10(9)24-13(25)12-11(26)5-8(6-23-12)15(19,20)21/h2-6,22,26H,1H3,(H,24,25). The van der Waals surface area contributed by atoms with Crippen LogP contribution in [-0.4, -0.2) is 17.9 Å². The van der Waals surface area contributed by atoms with Gasteiger partial charge in [0.2, 0.25) is 0 Å². The van der Waals surface area contributed by atoms with Crippen LogP contribution in [0, 0.1) is 0 Å². The van der Waals surface area contributed by atoms with Gasteiger partial charge in [0.25, 0.3) is 5.91 Å². The molecule has 1 aromatic carbocycles. The smallest absolute Gasteiger partial charge is 0.386 e. The lowest BCUT2D eigenvalue weighted by Crippen LogP contribution is -2.17. The van der Waals surface area contributed by atoms with Gasteiger partial charge in [0.15, 0.2) is 0 Å². The lowest BCUT2D eigenvalue weighted by molar-refractivity contribution is -0.138. The topological polar surface area (TPSA) is 54.0 Å². The second-order valence-corrected chi connectivity index (χ2v) is 5.53. The van der Waals surface area contributed by atoms with Crippen molar-refractivity contribution in [3.63, 3.8) is 0 Å². The van der Waals surface area contributed by atoms with Crippen molar-refractivity contribution in [1.29, 1.82) is 0 Å². The molecule has 0 unspecified atom stereocenters. The third kappa shape index (κ3) is 4.40. The van der Waals surface area contributed by atoms with E-state index in [1.54, 1.807) is 0 Å². The Morgan fingerprint density at radius 1 is 1.00 bits per heavy atom. The Morgan fingerprint density at radius 3 is 2.12 bits per heavy atom. The van der Waals surface area contributed by atoms with E-state index in [1.807, 2.05) is 0 Å². The molecule has 4 nitrogen and oxygen atoms in total. The fraction of sp³-hybridized carbons (Fsp3) is 0.200. The average molecular weight is 395 g/mol. The molecule has 26 heavy (non-hydrogen) atoms. The fourth-order valence-corrected chi connectivity index (χ4v) is 2.30. The Balaban J connectivity index is 2.35. The number of halogens is 6. The molecule has 1 amide bonds. The van der Waals surface area contributed by atoms with E-state index in [0.29, 0.717) is 18.3 Å². The number of anilines is 2. The molecule has 0 radical (unpaired) electrons. The third-order valence-electron chi connectivity index (χ3n) is 3.27. The summed E-state index contributed by atoms with van der Waals surface area (Å²) in [5, 5.41) is 4.80. The zero-order chi connectivity index (χ0) is 19.7. The highest BCUT2D eigenvalue weighted by Gasteiger charge is 2.33. The minimum atomic E-state index is -4.67. The number of aromatic nitrogens is 1. The summed E-state index contributed by atoms with van der Waals surface area (Å²) in [5.41, 5.74) is -2.59. The van der Waals surface area contributed by atoms with Crippen LogP contribution >= 0.6 is 12.6 Å². The summed E-state index contributed by atoms with van der Waals surface area (Å²) in [6.07, 6.45) is -8.85. The molecule has 0 bridgehead atoms. The molecule has 11 heteroatoms. The van der Waals surface area contributed by atoms with E-state index in [2.05, 4.69) is 28.2 Å². The van der Waals surface area contributed by atoms with Crippen LogP contribution in [0.1, 0.15) is 21.6 Å². The zero-order valence-electron chi connectivity index (χ0n) is 13.0. The normalized spacial score (nSPS) is 12.0. The number of nitrogens with zero attached hydrogens (tertiary/aromatic N) is 1. The van der Waals surface area contributed by atoms with Crippen LogP contribution in [-0.2, 0) is 12.4 Å². The molecule has 0 saturated carbocycles. The number of carbonyl (C=O) groups is 1. The van der Waals surface area contributed by atoms with E-state index in [1.165, 1.54) is 7.05 Å². The molecule has 0 saturated heterocycles. The van der Waals surface area contributed by atoms with Crippen LogP contribution in [0.5, 0.6) is 0 Å². The number of benzene rings is 1. The minimum Gasteiger partial charge on any atom is -0.386 e. The van der Waals surface area contributed by atoms with E-state index >= 15 is 0 Å². The zero-order valence-corrected chi connectivity index (χ0v) is 13.9. The SMILES string of the molecule is CNc1ccc(C(F)(F)F)cc1NC(=O)c1ncc(C(F)(F)F)cc1S. The second-order valence-electron chi connectivity index (χ2n) is 5.05. The Kier molecular flexibility index (Phi) is 5.40. The number of rotatable bonds is 3. The molecular formula is C15H11F6N3OS. The van der Waals surface area contributed by atoms with Gasteiger partial charge in [-0.3, -0.25) is 4.79 Å². The maximum atomic E-state index is 12.8. The van der Waals surface area contributed by atoms with E-state index < -0.39 is 35.1 Å². The van der Waals surface area contributed by atoms with Gasteiger partial charge in [-0.15, -0.1) is 12.6 Å². The first-order valence-electron chi connectivity index (χ1n) is 6.90. The van der Waals surface area contributed by atoms with Crippen LogP contribution in [0.2, 0.25) is 0 Å². The first-order chi connectivity index (χ1) is 11.9. The molecule has 2 rings (SSSR count). The number of carbonyl (C=O) groups excluding carboxylic acids is 1. The van der Waals surface area contributed by atoms with Crippen molar-refractivity contribution >= 4 is 29.9 Å². The number of hydrogen-bond donors (Lipinski definition) is 3. The first-order valence-corrected chi connectivity index (χ1v) is 7.34. The first kappa shape index (κ1) is 19.9. The van der Waals surface area contributed by atoms with Crippen molar-refractivity contribution in [1.82, 2.24) is 4.98 Å². The summed E-state index contributed by atoms with van der Waals surface area (Å²) >= 11 is 3.80. The van der Waals surface area contributed by atoms with Gasteiger partial charge in [0.1, 0.15) is 5.69 Å². The van der Waals surface area contributed by atoms with Crippen molar-refractivity contribution in [3.05, 3.63) is 47.3 Å². The van der Waals surface area contributed by atoms with Crippen molar-refractivity contribution in [2.24, 2.45) is 0 Å². The molecule has 0 aliphatic heterocycles. The molecule has 2 N–H and O–H groups in total. The van der Waals surface area contributed by atoms with Crippen LogP contribution in [0.4, 0.5) is 37.7 Å². The molecule has 1 heterocycles. The monoisotopic (exact) mass is 395 g/mol. The number of pyridine rings is 1. The maximum absolute atomic E-state index is 12.8.